The SMILES string of the molecule is C/C=C/CO[C@H]1[C@H]2OC(C)(C)O[C@H]2O[C@@H]1[C@H](O)CO. The van der Waals surface area contributed by atoms with E-state index >= 15 is 0 Å². The molecular formula is C13H22O6. The Morgan fingerprint density at radius 1 is 1.37 bits per heavy atom. The quantitative estimate of drug-likeness (QED) is 0.696. The minimum Gasteiger partial charge on any atom is -0.394 e. The summed E-state index contributed by atoms with van der Waals surface area (Å²) in [5, 5.41) is 18.9. The van der Waals surface area contributed by atoms with Gasteiger partial charge in [-0.1, -0.05) is 12.2 Å². The Morgan fingerprint density at radius 3 is 2.74 bits per heavy atom. The molecular weight excluding hydrogens is 252 g/mol. The van der Waals surface area contributed by atoms with Gasteiger partial charge >= 0.3 is 0 Å². The Balaban J connectivity index is 2.06. The van der Waals surface area contributed by atoms with Crippen LogP contribution >= 0.6 is 0 Å². The van der Waals surface area contributed by atoms with Crippen LogP contribution in [0.3, 0.4) is 0 Å². The van der Waals surface area contributed by atoms with Crippen LogP contribution < -0.4 is 0 Å². The number of aliphatic hydroxyl groups is 2. The largest absolute Gasteiger partial charge is 0.394 e. The Morgan fingerprint density at radius 2 is 2.11 bits per heavy atom. The first-order valence-electron chi connectivity index (χ1n) is 6.51. The number of ether oxygens (including phenoxy) is 4. The molecule has 0 spiro atoms. The van der Waals surface area contributed by atoms with Crippen LogP contribution in [-0.4, -0.2) is 59.9 Å². The van der Waals surface area contributed by atoms with E-state index in [1.54, 1.807) is 13.8 Å². The van der Waals surface area contributed by atoms with E-state index in [4.69, 9.17) is 24.1 Å². The van der Waals surface area contributed by atoms with E-state index < -0.39 is 43.1 Å². The van der Waals surface area contributed by atoms with Crippen molar-refractivity contribution in [2.45, 2.75) is 57.3 Å². The molecule has 6 heteroatoms. The first-order valence-corrected chi connectivity index (χ1v) is 6.51. The monoisotopic (exact) mass is 274 g/mol. The Bertz CT molecular complexity index is 329. The number of fused-ring (bicyclic) bond motifs is 1. The molecule has 0 saturated carbocycles. The van der Waals surface area contributed by atoms with Gasteiger partial charge in [-0.05, 0) is 20.8 Å². The van der Waals surface area contributed by atoms with Gasteiger partial charge in [-0.15, -0.1) is 0 Å². The van der Waals surface area contributed by atoms with E-state index in [0.29, 0.717) is 6.61 Å². The molecule has 2 saturated heterocycles. The molecule has 110 valence electrons. The van der Waals surface area contributed by atoms with E-state index in [1.807, 2.05) is 19.1 Å². The number of hydrogen-bond donors (Lipinski definition) is 2. The highest BCUT2D eigenvalue weighted by Gasteiger charge is 2.56. The van der Waals surface area contributed by atoms with Crippen molar-refractivity contribution >= 4 is 0 Å². The number of hydrogen-bond acceptors (Lipinski definition) is 6. The van der Waals surface area contributed by atoms with Gasteiger partial charge in [0.2, 0.25) is 0 Å². The van der Waals surface area contributed by atoms with Crippen LogP contribution in [0, 0.1) is 0 Å². The molecule has 2 fully saturated rings. The minimum atomic E-state index is -1.02. The average molecular weight is 274 g/mol. The Kier molecular flexibility index (Phi) is 4.60. The minimum absolute atomic E-state index is 0.392. The van der Waals surface area contributed by atoms with Crippen LogP contribution in [0.2, 0.25) is 0 Å². The summed E-state index contributed by atoms with van der Waals surface area (Å²) in [5.41, 5.74) is 0. The number of allylic oxidation sites excluding steroid dienone is 1. The first kappa shape index (κ1) is 14.9. The molecule has 0 aliphatic carbocycles. The van der Waals surface area contributed by atoms with Gasteiger partial charge in [-0.3, -0.25) is 0 Å². The molecule has 5 atom stereocenters. The molecule has 2 rings (SSSR count). The third-order valence-electron chi connectivity index (χ3n) is 3.21. The molecule has 2 N–H and O–H groups in total. The van der Waals surface area contributed by atoms with Crippen LogP contribution in [0.1, 0.15) is 20.8 Å². The molecule has 0 radical (unpaired) electrons. The normalized spacial score (nSPS) is 38.8. The van der Waals surface area contributed by atoms with Gasteiger partial charge in [0.25, 0.3) is 0 Å². The zero-order chi connectivity index (χ0) is 14.0. The number of rotatable bonds is 5. The summed E-state index contributed by atoms with van der Waals surface area (Å²) in [6.07, 6.45) is 0.628. The fourth-order valence-corrected chi connectivity index (χ4v) is 2.37. The molecule has 19 heavy (non-hydrogen) atoms. The molecule has 0 aromatic heterocycles. The van der Waals surface area contributed by atoms with Gasteiger partial charge in [0.15, 0.2) is 12.1 Å². The van der Waals surface area contributed by atoms with Gasteiger partial charge in [-0.25, -0.2) is 0 Å². The molecule has 2 aliphatic rings. The van der Waals surface area contributed by atoms with Crippen molar-refractivity contribution in [3.05, 3.63) is 12.2 Å². The van der Waals surface area contributed by atoms with Crippen LogP contribution in [0.15, 0.2) is 12.2 Å². The maximum Gasteiger partial charge on any atom is 0.190 e. The topological polar surface area (TPSA) is 77.4 Å². The van der Waals surface area contributed by atoms with E-state index in [-0.39, 0.29) is 0 Å². The highest BCUT2D eigenvalue weighted by atomic mass is 16.8. The summed E-state index contributed by atoms with van der Waals surface area (Å²) in [4.78, 5) is 0. The second-order valence-corrected chi connectivity index (χ2v) is 5.19. The summed E-state index contributed by atoms with van der Waals surface area (Å²) < 4.78 is 22.7. The van der Waals surface area contributed by atoms with E-state index in [1.165, 1.54) is 0 Å². The van der Waals surface area contributed by atoms with Gasteiger partial charge < -0.3 is 29.2 Å². The molecule has 6 nitrogen and oxygen atoms in total. The van der Waals surface area contributed by atoms with Crippen LogP contribution in [0.25, 0.3) is 0 Å². The van der Waals surface area contributed by atoms with Crippen molar-refractivity contribution in [2.24, 2.45) is 0 Å². The van der Waals surface area contributed by atoms with Crippen LogP contribution in [0.5, 0.6) is 0 Å². The molecule has 0 aromatic rings. The fraction of sp³-hybridized carbons (Fsp3) is 0.846. The Labute approximate surface area is 112 Å². The summed E-state index contributed by atoms with van der Waals surface area (Å²) >= 11 is 0. The van der Waals surface area contributed by atoms with Crippen molar-refractivity contribution in [3.8, 4) is 0 Å². The molecule has 0 aromatic carbocycles. The summed E-state index contributed by atoms with van der Waals surface area (Å²) in [6.45, 7) is 5.50. The van der Waals surface area contributed by atoms with Gasteiger partial charge in [0, 0.05) is 0 Å². The molecule has 2 aliphatic heterocycles. The van der Waals surface area contributed by atoms with Gasteiger partial charge in [-0.2, -0.15) is 0 Å². The van der Waals surface area contributed by atoms with Crippen molar-refractivity contribution in [1.29, 1.82) is 0 Å². The maximum absolute atomic E-state index is 9.79. The third-order valence-corrected chi connectivity index (χ3v) is 3.21. The lowest BCUT2D eigenvalue weighted by molar-refractivity contribution is -0.230. The van der Waals surface area contributed by atoms with Crippen molar-refractivity contribution < 1.29 is 29.2 Å². The highest BCUT2D eigenvalue weighted by Crippen LogP contribution is 2.39. The van der Waals surface area contributed by atoms with Crippen molar-refractivity contribution in [3.63, 3.8) is 0 Å². The highest BCUT2D eigenvalue weighted by molar-refractivity contribution is 4.97. The zero-order valence-corrected chi connectivity index (χ0v) is 11.5. The summed E-state index contributed by atoms with van der Waals surface area (Å²) in [6, 6.07) is 0. The van der Waals surface area contributed by atoms with E-state index in [0.717, 1.165) is 0 Å². The molecule has 0 unspecified atom stereocenters. The van der Waals surface area contributed by atoms with Gasteiger partial charge in [0.1, 0.15) is 24.4 Å². The van der Waals surface area contributed by atoms with Crippen LogP contribution in [0.4, 0.5) is 0 Å². The predicted octanol–water partition coefficient (Wildman–Crippen LogP) is 0.177. The van der Waals surface area contributed by atoms with Crippen molar-refractivity contribution in [2.75, 3.05) is 13.2 Å². The molecule has 0 amide bonds. The lowest BCUT2D eigenvalue weighted by atomic mass is 10.1. The number of aliphatic hydroxyl groups excluding tert-OH is 2. The standard InChI is InChI=1S/C13H22O6/c1-4-5-6-16-10-9(8(15)7-14)17-12-11(10)18-13(2,3)19-12/h4-5,8-12,14-15H,6-7H2,1-3H3/b5-4+/t8-,9-,10-,11-,12-/m1/s1. The van der Waals surface area contributed by atoms with Crippen molar-refractivity contribution in [1.82, 2.24) is 0 Å². The zero-order valence-electron chi connectivity index (χ0n) is 11.5. The first-order chi connectivity index (χ1) is 8.98. The maximum atomic E-state index is 9.79. The summed E-state index contributed by atoms with van der Waals surface area (Å²) in [5.74, 6) is -0.729. The predicted molar refractivity (Wildman–Crippen MR) is 66.3 cm³/mol. The van der Waals surface area contributed by atoms with Crippen LogP contribution in [-0.2, 0) is 18.9 Å². The smallest absolute Gasteiger partial charge is 0.190 e. The lowest BCUT2D eigenvalue weighted by Gasteiger charge is -2.27. The second kappa shape index (κ2) is 5.87. The lowest BCUT2D eigenvalue weighted by Crippen LogP contribution is -2.44. The molecule has 2 heterocycles. The third kappa shape index (κ3) is 3.16. The average Bonchev–Trinajstić information content (AvgIpc) is 2.82. The summed E-state index contributed by atoms with van der Waals surface area (Å²) in [7, 11) is 0. The second-order valence-electron chi connectivity index (χ2n) is 5.19. The van der Waals surface area contributed by atoms with Gasteiger partial charge in [0.05, 0.1) is 13.2 Å². The van der Waals surface area contributed by atoms with E-state index in [9.17, 15) is 5.11 Å². The Hall–Kier alpha value is -0.500. The van der Waals surface area contributed by atoms with E-state index in [2.05, 4.69) is 0 Å². The molecule has 0 bridgehead atoms. The fourth-order valence-electron chi connectivity index (χ4n) is 2.37.